The number of hydrogen-bond donors (Lipinski definition) is 3. The zero-order chi connectivity index (χ0) is 26.2. The molecule has 0 amide bonds. The molecular weight excluding hydrogens is 482 g/mol. The molecule has 2 fully saturated rings. The number of anilines is 1. The number of aromatic nitrogens is 4. The van der Waals surface area contributed by atoms with Crippen molar-refractivity contribution in [1.82, 2.24) is 19.5 Å². The van der Waals surface area contributed by atoms with Gasteiger partial charge in [-0.05, 0) is 60.4 Å². The Hall–Kier alpha value is -4.13. The van der Waals surface area contributed by atoms with Crippen LogP contribution in [-0.4, -0.2) is 62.7 Å². The minimum absolute atomic E-state index is 0.130. The number of aliphatic hydroxyl groups is 2. The second-order valence-electron chi connectivity index (χ2n) is 9.74. The monoisotopic (exact) mass is 511 g/mol. The van der Waals surface area contributed by atoms with Crippen molar-refractivity contribution in [2.75, 3.05) is 26.1 Å². The van der Waals surface area contributed by atoms with Gasteiger partial charge in [-0.3, -0.25) is 0 Å². The number of methoxy groups -OCH3 is 2. The van der Waals surface area contributed by atoms with E-state index in [4.69, 9.17) is 14.5 Å². The van der Waals surface area contributed by atoms with Crippen molar-refractivity contribution >= 4 is 17.0 Å². The molecule has 2 aliphatic carbocycles. The molecule has 0 bridgehead atoms. The lowest BCUT2D eigenvalue weighted by molar-refractivity contribution is 0.00386. The second kappa shape index (κ2) is 9.97. The van der Waals surface area contributed by atoms with Crippen molar-refractivity contribution in [3.8, 4) is 23.3 Å². The van der Waals surface area contributed by atoms with Gasteiger partial charge >= 0.3 is 0 Å². The number of nitrogens with one attached hydrogen (secondary N) is 1. The number of benzene rings is 2. The molecule has 6 rings (SSSR count). The van der Waals surface area contributed by atoms with Gasteiger partial charge in [0.15, 0.2) is 28.5 Å². The molecule has 2 aromatic heterocycles. The van der Waals surface area contributed by atoms with Crippen LogP contribution < -0.4 is 14.8 Å². The van der Waals surface area contributed by atoms with Crippen LogP contribution in [0.2, 0.25) is 0 Å². The summed E-state index contributed by atoms with van der Waals surface area (Å²) in [5.41, 5.74) is 3.14. The van der Waals surface area contributed by atoms with E-state index in [1.165, 1.54) is 0 Å². The summed E-state index contributed by atoms with van der Waals surface area (Å²) < 4.78 is 12.6. The Morgan fingerprint density at radius 1 is 0.974 bits per heavy atom. The fourth-order valence-corrected chi connectivity index (χ4v) is 5.43. The zero-order valence-electron chi connectivity index (χ0n) is 21.2. The maximum Gasteiger partial charge on any atom is 0.209 e. The van der Waals surface area contributed by atoms with Crippen LogP contribution >= 0.6 is 0 Å². The van der Waals surface area contributed by atoms with Crippen LogP contribution in [0.3, 0.4) is 0 Å². The second-order valence-corrected chi connectivity index (χ2v) is 9.74. The van der Waals surface area contributed by atoms with Crippen LogP contribution in [0, 0.1) is 23.7 Å². The summed E-state index contributed by atoms with van der Waals surface area (Å²) in [6, 6.07) is 15.3. The molecule has 2 aliphatic rings. The van der Waals surface area contributed by atoms with E-state index in [1.54, 1.807) is 20.5 Å². The van der Waals surface area contributed by atoms with Crippen LogP contribution in [0.15, 0.2) is 54.9 Å². The Kier molecular flexibility index (Phi) is 6.35. The third kappa shape index (κ3) is 4.42. The van der Waals surface area contributed by atoms with E-state index in [-0.39, 0.29) is 17.9 Å². The number of imidazole rings is 1. The summed E-state index contributed by atoms with van der Waals surface area (Å²) in [5.74, 6) is 8.86. The Bertz CT molecular complexity index is 1530. The third-order valence-electron chi connectivity index (χ3n) is 7.46. The topological polar surface area (TPSA) is 115 Å². The van der Waals surface area contributed by atoms with Crippen LogP contribution in [0.4, 0.5) is 5.82 Å². The zero-order valence-corrected chi connectivity index (χ0v) is 21.2. The SMILES string of the molecule is COc1ccc(CCNc2nc(C#Cc3ccccc3)nc3c2ncn3[C@H]2[C@H](O)[C@H](O)[C@@H]3C[C@@H]32)cc1OC. The highest BCUT2D eigenvalue weighted by atomic mass is 16.5. The summed E-state index contributed by atoms with van der Waals surface area (Å²) in [6.07, 6.45) is 1.72. The van der Waals surface area contributed by atoms with Crippen molar-refractivity contribution < 1.29 is 19.7 Å². The average Bonchev–Trinajstić information content (AvgIpc) is 3.56. The Morgan fingerprint density at radius 2 is 1.79 bits per heavy atom. The molecule has 2 saturated carbocycles. The number of hydrogen-bond acceptors (Lipinski definition) is 8. The van der Waals surface area contributed by atoms with Crippen molar-refractivity contribution in [3.63, 3.8) is 0 Å². The first-order valence-electron chi connectivity index (χ1n) is 12.7. The van der Waals surface area contributed by atoms with Crippen molar-refractivity contribution in [2.45, 2.75) is 31.1 Å². The van der Waals surface area contributed by atoms with E-state index in [1.807, 2.05) is 53.1 Å². The van der Waals surface area contributed by atoms with Gasteiger partial charge in [-0.25, -0.2) is 15.0 Å². The molecule has 0 unspecified atom stereocenters. The molecule has 38 heavy (non-hydrogen) atoms. The van der Waals surface area contributed by atoms with Crippen LogP contribution in [0.25, 0.3) is 11.2 Å². The van der Waals surface area contributed by atoms with E-state index in [0.29, 0.717) is 40.8 Å². The quantitative estimate of drug-likeness (QED) is 0.325. The first-order chi connectivity index (χ1) is 18.6. The minimum Gasteiger partial charge on any atom is -0.493 e. The molecule has 2 aromatic carbocycles. The van der Waals surface area contributed by atoms with Gasteiger partial charge in [0.2, 0.25) is 5.82 Å². The highest BCUT2D eigenvalue weighted by Gasteiger charge is 2.60. The molecule has 0 radical (unpaired) electrons. The lowest BCUT2D eigenvalue weighted by atomic mass is 10.1. The molecule has 4 aromatic rings. The lowest BCUT2D eigenvalue weighted by Crippen LogP contribution is -2.31. The van der Waals surface area contributed by atoms with Gasteiger partial charge in [-0.1, -0.05) is 30.2 Å². The molecule has 2 heterocycles. The van der Waals surface area contributed by atoms with Gasteiger partial charge in [-0.15, -0.1) is 0 Å². The molecule has 9 nitrogen and oxygen atoms in total. The minimum atomic E-state index is -0.855. The van der Waals surface area contributed by atoms with E-state index in [2.05, 4.69) is 27.1 Å². The van der Waals surface area contributed by atoms with E-state index in [9.17, 15) is 10.2 Å². The highest BCUT2D eigenvalue weighted by molar-refractivity contribution is 5.83. The van der Waals surface area contributed by atoms with Crippen molar-refractivity contribution in [3.05, 3.63) is 71.8 Å². The summed E-state index contributed by atoms with van der Waals surface area (Å²) in [6.45, 7) is 0.593. The molecule has 9 heteroatoms. The first kappa shape index (κ1) is 24.2. The average molecular weight is 512 g/mol. The van der Waals surface area contributed by atoms with Gasteiger partial charge in [0.05, 0.1) is 32.7 Å². The number of fused-ring (bicyclic) bond motifs is 2. The van der Waals surface area contributed by atoms with Crippen molar-refractivity contribution in [1.29, 1.82) is 0 Å². The predicted molar refractivity (Wildman–Crippen MR) is 142 cm³/mol. The Labute approximate surface area is 220 Å². The van der Waals surface area contributed by atoms with E-state index in [0.717, 1.165) is 24.0 Å². The van der Waals surface area contributed by atoms with E-state index >= 15 is 0 Å². The largest absolute Gasteiger partial charge is 0.493 e. The number of rotatable bonds is 7. The molecular formula is C29H29N5O4. The van der Waals surface area contributed by atoms with Gasteiger partial charge in [-0.2, -0.15) is 0 Å². The fraction of sp³-hybridized carbons (Fsp3) is 0.345. The number of ether oxygens (including phenoxy) is 2. The summed E-state index contributed by atoms with van der Waals surface area (Å²) in [7, 11) is 3.24. The molecule has 0 saturated heterocycles. The van der Waals surface area contributed by atoms with Gasteiger partial charge in [0.1, 0.15) is 6.10 Å². The molecule has 5 atom stereocenters. The summed E-state index contributed by atoms with van der Waals surface area (Å²) >= 11 is 0. The Morgan fingerprint density at radius 3 is 2.53 bits per heavy atom. The molecule has 0 spiro atoms. The van der Waals surface area contributed by atoms with Crippen molar-refractivity contribution in [2.24, 2.45) is 11.8 Å². The maximum atomic E-state index is 10.7. The fourth-order valence-electron chi connectivity index (χ4n) is 5.43. The van der Waals surface area contributed by atoms with Gasteiger partial charge in [0, 0.05) is 12.1 Å². The number of aliphatic hydroxyl groups excluding tert-OH is 2. The highest BCUT2D eigenvalue weighted by Crippen LogP contribution is 2.57. The van der Waals surface area contributed by atoms with Crippen LogP contribution in [0.1, 0.15) is 29.4 Å². The van der Waals surface area contributed by atoms with Gasteiger partial charge < -0.3 is 29.6 Å². The predicted octanol–water partition coefficient (Wildman–Crippen LogP) is 2.81. The van der Waals surface area contributed by atoms with Gasteiger partial charge in [0.25, 0.3) is 0 Å². The summed E-state index contributed by atoms with van der Waals surface area (Å²) in [4.78, 5) is 14.0. The maximum absolute atomic E-state index is 10.7. The first-order valence-corrected chi connectivity index (χ1v) is 12.7. The lowest BCUT2D eigenvalue weighted by Gasteiger charge is -2.22. The standard InChI is InChI=1S/C29H29N5O4/c1-37-21-10-8-18(14-22(21)38-2)12-13-30-28-24-29(33-23(32-28)11-9-17-6-4-3-5-7-17)34(16-31-24)25-19-15-20(19)26(35)27(25)36/h3-8,10,14,16,19-20,25-27,35-36H,12-13,15H2,1-2H3,(H,30,32,33)/t19-,20+,25+,26+,27-/m0/s1. The molecule has 194 valence electrons. The molecule has 3 N–H and O–H groups in total. The van der Waals surface area contributed by atoms with Crippen LogP contribution in [0.5, 0.6) is 11.5 Å². The normalized spacial score (nSPS) is 23.4. The van der Waals surface area contributed by atoms with Crippen LogP contribution in [-0.2, 0) is 6.42 Å². The Balaban J connectivity index is 1.31. The molecule has 0 aliphatic heterocycles. The van der Waals surface area contributed by atoms with E-state index < -0.39 is 12.2 Å². The smallest absolute Gasteiger partial charge is 0.209 e. The third-order valence-corrected chi connectivity index (χ3v) is 7.46. The summed E-state index contributed by atoms with van der Waals surface area (Å²) in [5, 5.41) is 24.5. The number of nitrogens with zero attached hydrogens (tertiary/aromatic N) is 4.